The molecule has 0 heterocycles. The molecule has 0 unspecified atom stereocenters. The van der Waals surface area contributed by atoms with Crippen LogP contribution >= 0.6 is 0 Å². The molecule has 0 fully saturated rings. The van der Waals surface area contributed by atoms with Gasteiger partial charge in [-0.05, 0) is 46.8 Å². The van der Waals surface area contributed by atoms with E-state index in [2.05, 4.69) is 74.2 Å². The number of hydrogen-bond donors (Lipinski definition) is 0. The van der Waals surface area contributed by atoms with Gasteiger partial charge in [0, 0.05) is 0 Å². The zero-order valence-corrected chi connectivity index (χ0v) is 11.8. The van der Waals surface area contributed by atoms with Gasteiger partial charge in [0.15, 0.2) is 0 Å². The Kier molecular flexibility index (Phi) is 3.39. The molecule has 0 spiro atoms. The lowest BCUT2D eigenvalue weighted by Crippen LogP contribution is -1.92. The van der Waals surface area contributed by atoms with Gasteiger partial charge in [0.25, 0.3) is 0 Å². The highest BCUT2D eigenvalue weighted by molar-refractivity contribution is 5.79. The van der Waals surface area contributed by atoms with Crippen molar-refractivity contribution in [3.8, 4) is 11.1 Å². The SMILES string of the molecule is C=C1CC=C(c2ccc(-c3ccccc3)cc2)C=C1C. The highest BCUT2D eigenvalue weighted by Crippen LogP contribution is 2.29. The minimum absolute atomic E-state index is 0.956. The van der Waals surface area contributed by atoms with Gasteiger partial charge in [-0.2, -0.15) is 0 Å². The second-order valence-corrected chi connectivity index (χ2v) is 5.24. The molecular formula is C20H18. The first-order chi connectivity index (χ1) is 9.74. The van der Waals surface area contributed by atoms with Gasteiger partial charge < -0.3 is 0 Å². The van der Waals surface area contributed by atoms with Crippen LogP contribution in [0.4, 0.5) is 0 Å². The van der Waals surface area contributed by atoms with Gasteiger partial charge in [-0.25, -0.2) is 0 Å². The van der Waals surface area contributed by atoms with Gasteiger partial charge in [-0.15, -0.1) is 0 Å². The van der Waals surface area contributed by atoms with Gasteiger partial charge in [0.05, 0.1) is 0 Å². The summed E-state index contributed by atoms with van der Waals surface area (Å²) in [7, 11) is 0. The maximum Gasteiger partial charge on any atom is -0.00915 e. The Balaban J connectivity index is 1.90. The molecule has 2 aromatic carbocycles. The van der Waals surface area contributed by atoms with Crippen molar-refractivity contribution < 1.29 is 0 Å². The van der Waals surface area contributed by atoms with E-state index in [0.29, 0.717) is 0 Å². The lowest BCUT2D eigenvalue weighted by Gasteiger charge is -2.13. The monoisotopic (exact) mass is 258 g/mol. The van der Waals surface area contributed by atoms with Gasteiger partial charge in [0.1, 0.15) is 0 Å². The van der Waals surface area contributed by atoms with Crippen LogP contribution in [-0.4, -0.2) is 0 Å². The van der Waals surface area contributed by atoms with Crippen molar-refractivity contribution in [3.05, 3.63) is 90.0 Å². The average molecular weight is 258 g/mol. The molecular weight excluding hydrogens is 240 g/mol. The van der Waals surface area contributed by atoms with E-state index in [9.17, 15) is 0 Å². The number of benzene rings is 2. The smallest absolute Gasteiger partial charge is 0.00915 e. The van der Waals surface area contributed by atoms with E-state index in [4.69, 9.17) is 0 Å². The maximum atomic E-state index is 4.06. The molecule has 0 radical (unpaired) electrons. The van der Waals surface area contributed by atoms with Crippen LogP contribution in [0.3, 0.4) is 0 Å². The molecule has 0 N–H and O–H groups in total. The Morgan fingerprint density at radius 3 is 2.05 bits per heavy atom. The minimum atomic E-state index is 0.956. The third kappa shape index (κ3) is 2.50. The quantitative estimate of drug-likeness (QED) is 0.653. The number of hydrogen-bond acceptors (Lipinski definition) is 0. The van der Waals surface area contributed by atoms with Gasteiger partial charge in [-0.1, -0.05) is 73.3 Å². The normalized spacial score (nSPS) is 14.8. The van der Waals surface area contributed by atoms with Crippen molar-refractivity contribution in [1.82, 2.24) is 0 Å². The molecule has 98 valence electrons. The molecule has 1 aliphatic carbocycles. The molecule has 0 aromatic heterocycles. The summed E-state index contributed by atoms with van der Waals surface area (Å²) >= 11 is 0. The zero-order valence-electron chi connectivity index (χ0n) is 11.8. The molecule has 0 atom stereocenters. The molecule has 0 heteroatoms. The summed E-state index contributed by atoms with van der Waals surface area (Å²) in [4.78, 5) is 0. The van der Waals surface area contributed by atoms with E-state index in [0.717, 1.165) is 6.42 Å². The highest BCUT2D eigenvalue weighted by Gasteiger charge is 2.07. The van der Waals surface area contributed by atoms with Crippen LogP contribution in [0.5, 0.6) is 0 Å². The zero-order chi connectivity index (χ0) is 13.9. The lowest BCUT2D eigenvalue weighted by molar-refractivity contribution is 1.20. The molecule has 1 aliphatic rings. The van der Waals surface area contributed by atoms with Crippen molar-refractivity contribution >= 4 is 5.57 Å². The fourth-order valence-corrected chi connectivity index (χ4v) is 2.48. The molecule has 3 rings (SSSR count). The largest absolute Gasteiger partial charge is 0.0953 e. The fourth-order valence-electron chi connectivity index (χ4n) is 2.48. The Morgan fingerprint density at radius 1 is 0.800 bits per heavy atom. The first kappa shape index (κ1) is 12.7. The lowest BCUT2D eigenvalue weighted by atomic mass is 9.92. The van der Waals surface area contributed by atoms with E-state index >= 15 is 0 Å². The standard InChI is InChI=1S/C20H18/c1-15-8-9-20(14-16(15)2)19-12-10-18(11-13-19)17-6-4-3-5-7-17/h3-7,9-14H,1,8H2,2H3. The Morgan fingerprint density at radius 2 is 1.40 bits per heavy atom. The van der Waals surface area contributed by atoms with E-state index in [1.165, 1.54) is 33.4 Å². The van der Waals surface area contributed by atoms with E-state index in [1.807, 2.05) is 6.07 Å². The summed E-state index contributed by atoms with van der Waals surface area (Å²) in [5.41, 5.74) is 7.60. The van der Waals surface area contributed by atoms with Crippen LogP contribution in [0, 0.1) is 0 Å². The number of allylic oxidation sites excluding steroid dienone is 5. The van der Waals surface area contributed by atoms with Crippen molar-refractivity contribution in [1.29, 1.82) is 0 Å². The van der Waals surface area contributed by atoms with Crippen molar-refractivity contribution in [3.63, 3.8) is 0 Å². The Labute approximate surface area is 120 Å². The average Bonchev–Trinajstić information content (AvgIpc) is 2.51. The predicted octanol–water partition coefficient (Wildman–Crippen LogP) is 5.64. The highest BCUT2D eigenvalue weighted by atomic mass is 14.1. The van der Waals surface area contributed by atoms with Gasteiger partial charge in [-0.3, -0.25) is 0 Å². The van der Waals surface area contributed by atoms with E-state index in [1.54, 1.807) is 0 Å². The fraction of sp³-hybridized carbons (Fsp3) is 0.100. The first-order valence-corrected chi connectivity index (χ1v) is 6.96. The van der Waals surface area contributed by atoms with E-state index in [-0.39, 0.29) is 0 Å². The van der Waals surface area contributed by atoms with Crippen LogP contribution in [0.25, 0.3) is 16.7 Å². The molecule has 0 saturated heterocycles. The summed E-state index contributed by atoms with van der Waals surface area (Å²) in [6.45, 7) is 6.20. The molecule has 0 amide bonds. The summed E-state index contributed by atoms with van der Waals surface area (Å²) in [6.07, 6.45) is 5.44. The van der Waals surface area contributed by atoms with Crippen LogP contribution in [-0.2, 0) is 0 Å². The molecule has 0 aliphatic heterocycles. The van der Waals surface area contributed by atoms with Gasteiger partial charge in [0.2, 0.25) is 0 Å². The Hall–Kier alpha value is -2.34. The topological polar surface area (TPSA) is 0 Å². The Bertz CT molecular complexity index is 683. The third-order valence-corrected chi connectivity index (χ3v) is 3.82. The van der Waals surface area contributed by atoms with Crippen LogP contribution in [0.2, 0.25) is 0 Å². The predicted molar refractivity (Wildman–Crippen MR) is 87.4 cm³/mol. The first-order valence-electron chi connectivity index (χ1n) is 6.96. The second-order valence-electron chi connectivity index (χ2n) is 5.24. The summed E-state index contributed by atoms with van der Waals surface area (Å²) in [6, 6.07) is 19.3. The summed E-state index contributed by atoms with van der Waals surface area (Å²) in [5.74, 6) is 0. The van der Waals surface area contributed by atoms with Crippen LogP contribution in [0.15, 0.2) is 84.5 Å². The molecule has 0 saturated carbocycles. The van der Waals surface area contributed by atoms with E-state index < -0.39 is 0 Å². The molecule has 20 heavy (non-hydrogen) atoms. The third-order valence-electron chi connectivity index (χ3n) is 3.82. The van der Waals surface area contributed by atoms with Crippen molar-refractivity contribution in [2.75, 3.05) is 0 Å². The maximum absolute atomic E-state index is 4.06. The molecule has 2 aromatic rings. The molecule has 0 bridgehead atoms. The second kappa shape index (κ2) is 5.34. The van der Waals surface area contributed by atoms with Crippen molar-refractivity contribution in [2.24, 2.45) is 0 Å². The molecule has 0 nitrogen and oxygen atoms in total. The van der Waals surface area contributed by atoms with Crippen molar-refractivity contribution in [2.45, 2.75) is 13.3 Å². The van der Waals surface area contributed by atoms with Gasteiger partial charge >= 0.3 is 0 Å². The minimum Gasteiger partial charge on any atom is -0.0953 e. The number of rotatable bonds is 2. The summed E-state index contributed by atoms with van der Waals surface area (Å²) in [5, 5.41) is 0. The van der Waals surface area contributed by atoms with Crippen LogP contribution < -0.4 is 0 Å². The van der Waals surface area contributed by atoms with Crippen LogP contribution in [0.1, 0.15) is 18.9 Å². The summed E-state index contributed by atoms with van der Waals surface area (Å²) < 4.78 is 0.